The van der Waals surface area contributed by atoms with Crippen LogP contribution in [0.15, 0.2) is 23.4 Å². The van der Waals surface area contributed by atoms with Crippen LogP contribution in [0.3, 0.4) is 0 Å². The lowest BCUT2D eigenvalue weighted by atomic mass is 10.4. The van der Waals surface area contributed by atoms with Crippen LogP contribution in [0, 0.1) is 0 Å². The van der Waals surface area contributed by atoms with Gasteiger partial charge in [0.2, 0.25) is 0 Å². The Balaban J connectivity index is 3.06. The molecule has 0 atom stereocenters. The summed E-state index contributed by atoms with van der Waals surface area (Å²) in [6.07, 6.45) is 3.57. The maximum atomic E-state index is 11.0. The molecule has 5 nitrogen and oxygen atoms in total. The maximum absolute atomic E-state index is 11.0. The molecule has 0 saturated carbocycles. The number of sulfone groups is 1. The molecule has 0 spiro atoms. The molecular formula is C6H7BNO4S. The molecule has 0 aliphatic carbocycles. The maximum Gasteiger partial charge on any atom is 0.569 e. The first-order valence-corrected chi connectivity index (χ1v) is 5.21. The van der Waals surface area contributed by atoms with E-state index in [0.717, 1.165) is 6.26 Å². The van der Waals surface area contributed by atoms with Crippen LogP contribution in [0.5, 0.6) is 5.75 Å². The summed E-state index contributed by atoms with van der Waals surface area (Å²) in [5.74, 6) is 0.172. The van der Waals surface area contributed by atoms with Gasteiger partial charge in [-0.1, -0.05) is 0 Å². The SMILES string of the molecule is CS(=O)(=O)c1cncc(O[B]O)c1. The highest BCUT2D eigenvalue weighted by atomic mass is 32.2. The van der Waals surface area contributed by atoms with Crippen LogP contribution in [-0.2, 0) is 9.84 Å². The third-order valence-corrected chi connectivity index (χ3v) is 2.38. The molecule has 1 aromatic heterocycles. The summed E-state index contributed by atoms with van der Waals surface area (Å²) < 4.78 is 26.6. The van der Waals surface area contributed by atoms with Crippen molar-refractivity contribution in [2.75, 3.05) is 6.26 Å². The van der Waals surface area contributed by atoms with Gasteiger partial charge in [0, 0.05) is 18.5 Å². The fourth-order valence-corrected chi connectivity index (χ4v) is 1.31. The lowest BCUT2D eigenvalue weighted by Gasteiger charge is -2.02. The molecule has 1 N–H and O–H groups in total. The van der Waals surface area contributed by atoms with Gasteiger partial charge in [-0.2, -0.15) is 0 Å². The predicted octanol–water partition coefficient (Wildman–Crippen LogP) is -0.610. The Labute approximate surface area is 76.6 Å². The fraction of sp³-hybridized carbons (Fsp3) is 0.167. The van der Waals surface area contributed by atoms with Crippen molar-refractivity contribution in [2.45, 2.75) is 4.90 Å². The van der Waals surface area contributed by atoms with E-state index in [0.29, 0.717) is 7.69 Å². The second-order valence-electron chi connectivity index (χ2n) is 2.35. The van der Waals surface area contributed by atoms with Crippen molar-refractivity contribution in [1.82, 2.24) is 4.98 Å². The zero-order valence-electron chi connectivity index (χ0n) is 6.84. The van der Waals surface area contributed by atoms with Crippen LogP contribution < -0.4 is 4.65 Å². The lowest BCUT2D eigenvalue weighted by molar-refractivity contribution is 0.451. The van der Waals surface area contributed by atoms with Crippen molar-refractivity contribution in [3.05, 3.63) is 18.5 Å². The van der Waals surface area contributed by atoms with Gasteiger partial charge in [-0.25, -0.2) is 8.42 Å². The first-order chi connectivity index (χ1) is 6.04. The minimum absolute atomic E-state index is 0.0480. The van der Waals surface area contributed by atoms with Crippen molar-refractivity contribution in [2.24, 2.45) is 0 Å². The molecule has 0 aliphatic heterocycles. The average Bonchev–Trinajstić information content (AvgIpc) is 2.04. The number of rotatable bonds is 3. The van der Waals surface area contributed by atoms with Gasteiger partial charge in [0.1, 0.15) is 5.75 Å². The Bertz CT molecular complexity index is 391. The van der Waals surface area contributed by atoms with E-state index in [1.807, 2.05) is 0 Å². The smallest absolute Gasteiger partial charge is 0.536 e. The lowest BCUT2D eigenvalue weighted by Crippen LogP contribution is -2.03. The monoisotopic (exact) mass is 200 g/mol. The van der Waals surface area contributed by atoms with Crippen molar-refractivity contribution in [3.63, 3.8) is 0 Å². The predicted molar refractivity (Wildman–Crippen MR) is 45.9 cm³/mol. The number of nitrogens with zero attached hydrogens (tertiary/aromatic N) is 1. The first kappa shape index (κ1) is 10.0. The molecular weight excluding hydrogens is 193 g/mol. The molecule has 1 aromatic rings. The summed E-state index contributed by atoms with van der Waals surface area (Å²) in [5, 5.41) is 8.29. The molecule has 1 heterocycles. The van der Waals surface area contributed by atoms with Crippen LogP contribution in [0.2, 0.25) is 0 Å². The van der Waals surface area contributed by atoms with Crippen LogP contribution >= 0.6 is 0 Å². The van der Waals surface area contributed by atoms with Gasteiger partial charge in [-0.05, 0) is 0 Å². The molecule has 69 valence electrons. The second-order valence-corrected chi connectivity index (χ2v) is 4.37. The molecule has 13 heavy (non-hydrogen) atoms. The third kappa shape index (κ3) is 2.71. The van der Waals surface area contributed by atoms with E-state index in [4.69, 9.17) is 5.02 Å². The quantitative estimate of drug-likeness (QED) is 0.658. The Kier molecular flexibility index (Phi) is 2.89. The van der Waals surface area contributed by atoms with E-state index in [-0.39, 0.29) is 10.6 Å². The molecule has 7 heteroatoms. The molecule has 1 rings (SSSR count). The number of hydrogen-bond acceptors (Lipinski definition) is 5. The molecule has 1 radical (unpaired) electrons. The van der Waals surface area contributed by atoms with Crippen molar-refractivity contribution >= 4 is 17.5 Å². The molecule has 0 unspecified atom stereocenters. The normalized spacial score (nSPS) is 10.9. The Hall–Kier alpha value is -1.08. The molecule has 0 aromatic carbocycles. The van der Waals surface area contributed by atoms with E-state index in [2.05, 4.69) is 9.64 Å². The summed E-state index contributed by atoms with van der Waals surface area (Å²) in [5.41, 5.74) is 0. The zero-order valence-corrected chi connectivity index (χ0v) is 7.65. The highest BCUT2D eigenvalue weighted by Crippen LogP contribution is 2.14. The summed E-state index contributed by atoms with van der Waals surface area (Å²) in [7, 11) is -2.82. The summed E-state index contributed by atoms with van der Waals surface area (Å²) in [6.45, 7) is 0. The third-order valence-electron chi connectivity index (χ3n) is 1.31. The van der Waals surface area contributed by atoms with Crippen molar-refractivity contribution < 1.29 is 18.1 Å². The van der Waals surface area contributed by atoms with Gasteiger partial charge in [0.25, 0.3) is 0 Å². The second kappa shape index (κ2) is 3.76. The highest BCUT2D eigenvalue weighted by Gasteiger charge is 2.08. The van der Waals surface area contributed by atoms with Crippen molar-refractivity contribution in [3.8, 4) is 5.75 Å². The first-order valence-electron chi connectivity index (χ1n) is 3.31. The van der Waals surface area contributed by atoms with Crippen LogP contribution in [0.4, 0.5) is 0 Å². The van der Waals surface area contributed by atoms with Gasteiger partial charge in [-0.15, -0.1) is 0 Å². The van der Waals surface area contributed by atoms with Crippen LogP contribution in [0.1, 0.15) is 0 Å². The van der Waals surface area contributed by atoms with E-state index in [1.54, 1.807) is 0 Å². The van der Waals surface area contributed by atoms with Gasteiger partial charge in [-0.3, -0.25) is 4.98 Å². The van der Waals surface area contributed by atoms with Gasteiger partial charge >= 0.3 is 7.69 Å². The molecule has 0 aliphatic rings. The Morgan fingerprint density at radius 2 is 2.23 bits per heavy atom. The Morgan fingerprint density at radius 1 is 1.54 bits per heavy atom. The minimum atomic E-state index is -3.28. The van der Waals surface area contributed by atoms with E-state index >= 15 is 0 Å². The Morgan fingerprint density at radius 3 is 2.77 bits per heavy atom. The van der Waals surface area contributed by atoms with E-state index in [9.17, 15) is 8.42 Å². The van der Waals surface area contributed by atoms with E-state index in [1.165, 1.54) is 18.5 Å². The highest BCUT2D eigenvalue weighted by molar-refractivity contribution is 7.90. The summed E-state index contributed by atoms with van der Waals surface area (Å²) in [4.78, 5) is 3.68. The van der Waals surface area contributed by atoms with Crippen LogP contribution in [0.25, 0.3) is 0 Å². The van der Waals surface area contributed by atoms with E-state index < -0.39 is 9.84 Å². The summed E-state index contributed by atoms with van der Waals surface area (Å²) in [6, 6.07) is 1.27. The van der Waals surface area contributed by atoms with Gasteiger partial charge in [0.15, 0.2) is 9.84 Å². The standard InChI is InChI=1S/C6H7BNO4S/c1-13(10,11)6-2-5(12-7-9)3-8-4-6/h2-4,9H,1H3. The average molecular weight is 200 g/mol. The summed E-state index contributed by atoms with van der Waals surface area (Å²) >= 11 is 0. The molecule has 0 saturated heterocycles. The fourth-order valence-electron chi connectivity index (χ4n) is 0.727. The number of hydrogen-bond donors (Lipinski definition) is 1. The molecule has 0 bridgehead atoms. The molecule has 0 amide bonds. The minimum Gasteiger partial charge on any atom is -0.536 e. The molecule has 0 fully saturated rings. The van der Waals surface area contributed by atoms with Crippen LogP contribution in [-0.4, -0.2) is 32.4 Å². The van der Waals surface area contributed by atoms with Gasteiger partial charge in [0.05, 0.1) is 11.1 Å². The number of aromatic nitrogens is 1. The number of pyridine rings is 1. The topological polar surface area (TPSA) is 76.5 Å². The largest absolute Gasteiger partial charge is 0.569 e. The van der Waals surface area contributed by atoms with Gasteiger partial charge < -0.3 is 9.68 Å². The van der Waals surface area contributed by atoms with Crippen molar-refractivity contribution in [1.29, 1.82) is 0 Å². The zero-order chi connectivity index (χ0) is 9.90.